The number of aryl methyl sites for hydroxylation is 2. The fourth-order valence-corrected chi connectivity index (χ4v) is 7.88. The topological polar surface area (TPSA) is 61.6 Å². The number of carboxylic acids is 1. The largest absolute Gasteiger partial charge is 0.480 e. The van der Waals surface area contributed by atoms with Gasteiger partial charge >= 0.3 is 5.97 Å². The molecule has 0 bridgehead atoms. The Morgan fingerprint density at radius 1 is 0.978 bits per heavy atom. The molecule has 0 radical (unpaired) electrons. The van der Waals surface area contributed by atoms with E-state index >= 15 is 0 Å². The lowest BCUT2D eigenvalue weighted by molar-refractivity contribution is -0.147. The highest BCUT2D eigenvalue weighted by Crippen LogP contribution is 2.39. The summed E-state index contributed by atoms with van der Waals surface area (Å²) in [4.78, 5) is 17.3. The first-order chi connectivity index (χ1) is 21.2. The molecule has 0 aliphatic carbocycles. The molecule has 3 atom stereocenters. The van der Waals surface area contributed by atoms with E-state index in [1.54, 1.807) is 0 Å². The fourth-order valence-electron chi connectivity index (χ4n) is 7.88. The number of benzene rings is 2. The van der Waals surface area contributed by atoms with Crippen molar-refractivity contribution >= 4 is 5.97 Å². The first-order valence-electron chi connectivity index (χ1n) is 17.1. The molecular weight excluding hydrogens is 556 g/mol. The standard InChI is InChI=1S/C39H56N4O2/c1-9-43-35(23-33(40-43)22-28-13-15-32(16-14-28)38(3,4)5)29-17-19-41(20-18-29)24-31-25-42(36(37(44)45)39(6,7)8)26-34(31)30-12-10-11-27(2)21-30/h10-16,21,23,29,31,34,36H,9,17-20,22,24-26H2,1-8H3,(H,44,45). The first-order valence-corrected chi connectivity index (χ1v) is 17.1. The van der Waals surface area contributed by atoms with E-state index in [-0.39, 0.29) is 10.8 Å². The summed E-state index contributed by atoms with van der Waals surface area (Å²) < 4.78 is 2.24. The predicted molar refractivity (Wildman–Crippen MR) is 184 cm³/mol. The van der Waals surface area contributed by atoms with E-state index in [1.165, 1.54) is 27.9 Å². The second-order valence-corrected chi connectivity index (χ2v) is 15.9. The number of aliphatic carboxylic acids is 1. The average Bonchev–Trinajstić information content (AvgIpc) is 3.56. The molecule has 6 nitrogen and oxygen atoms in total. The summed E-state index contributed by atoms with van der Waals surface area (Å²) >= 11 is 0. The molecule has 244 valence electrons. The molecule has 3 aromatic rings. The molecule has 45 heavy (non-hydrogen) atoms. The Kier molecular flexibility index (Phi) is 9.96. The third-order valence-electron chi connectivity index (χ3n) is 10.2. The van der Waals surface area contributed by atoms with Crippen LogP contribution >= 0.6 is 0 Å². The monoisotopic (exact) mass is 612 g/mol. The zero-order valence-corrected chi connectivity index (χ0v) is 29.0. The number of piperidine rings is 1. The van der Waals surface area contributed by atoms with Crippen LogP contribution in [0.5, 0.6) is 0 Å². The number of rotatable bonds is 9. The third kappa shape index (κ3) is 7.89. The minimum absolute atomic E-state index is 0.163. The highest BCUT2D eigenvalue weighted by atomic mass is 16.4. The van der Waals surface area contributed by atoms with Crippen molar-refractivity contribution in [3.63, 3.8) is 0 Å². The van der Waals surface area contributed by atoms with Gasteiger partial charge < -0.3 is 10.0 Å². The van der Waals surface area contributed by atoms with Crippen LogP contribution in [-0.4, -0.2) is 69.4 Å². The Balaban J connectivity index is 1.25. The molecule has 0 spiro atoms. The maximum atomic E-state index is 12.4. The lowest BCUT2D eigenvalue weighted by Crippen LogP contribution is -2.48. The van der Waals surface area contributed by atoms with Crippen molar-refractivity contribution < 1.29 is 9.90 Å². The van der Waals surface area contributed by atoms with Crippen molar-refractivity contribution in [1.82, 2.24) is 19.6 Å². The summed E-state index contributed by atoms with van der Waals surface area (Å²) in [5.74, 6) is 0.565. The molecular formula is C39H56N4O2. The summed E-state index contributed by atoms with van der Waals surface area (Å²) in [5, 5.41) is 15.3. The van der Waals surface area contributed by atoms with Gasteiger partial charge in [-0.25, -0.2) is 0 Å². The van der Waals surface area contributed by atoms with E-state index in [1.807, 2.05) is 0 Å². The van der Waals surface area contributed by atoms with Gasteiger partial charge in [-0.05, 0) is 79.3 Å². The summed E-state index contributed by atoms with van der Waals surface area (Å²) in [6.45, 7) is 23.0. The molecule has 0 saturated carbocycles. The van der Waals surface area contributed by atoms with E-state index in [4.69, 9.17) is 5.10 Å². The molecule has 2 fully saturated rings. The quantitative estimate of drug-likeness (QED) is 0.271. The van der Waals surface area contributed by atoms with Gasteiger partial charge in [-0.1, -0.05) is 95.6 Å². The van der Waals surface area contributed by atoms with E-state index in [9.17, 15) is 9.90 Å². The van der Waals surface area contributed by atoms with Gasteiger partial charge in [0, 0.05) is 50.1 Å². The summed E-state index contributed by atoms with van der Waals surface area (Å²) in [7, 11) is 0. The van der Waals surface area contributed by atoms with Gasteiger partial charge in [0.25, 0.3) is 0 Å². The Labute approximate surface area is 271 Å². The number of aromatic nitrogens is 2. The number of hydrogen-bond donors (Lipinski definition) is 1. The first kappa shape index (κ1) is 33.4. The second-order valence-electron chi connectivity index (χ2n) is 15.9. The number of nitrogens with zero attached hydrogens (tertiary/aromatic N) is 4. The van der Waals surface area contributed by atoms with Gasteiger partial charge in [0.15, 0.2) is 0 Å². The highest BCUT2D eigenvalue weighted by Gasteiger charge is 2.44. The van der Waals surface area contributed by atoms with Crippen molar-refractivity contribution in [3.05, 3.63) is 88.2 Å². The van der Waals surface area contributed by atoms with Gasteiger partial charge in [0.1, 0.15) is 6.04 Å². The molecule has 2 aliphatic rings. The normalized spacial score (nSPS) is 21.3. The lowest BCUT2D eigenvalue weighted by atomic mass is 9.85. The molecule has 2 saturated heterocycles. The molecule has 6 heteroatoms. The molecule has 1 N–H and O–H groups in total. The SMILES string of the molecule is CCn1nc(Cc2ccc(C(C)(C)C)cc2)cc1C1CCN(CC2CN(C(C(=O)O)C(C)(C)C)CC2c2cccc(C)c2)CC1. The smallest absolute Gasteiger partial charge is 0.321 e. The Morgan fingerprint density at radius 2 is 1.67 bits per heavy atom. The van der Waals surface area contributed by atoms with E-state index in [0.29, 0.717) is 17.8 Å². The van der Waals surface area contributed by atoms with Crippen molar-refractivity contribution in [3.8, 4) is 0 Å². The Morgan fingerprint density at radius 3 is 2.24 bits per heavy atom. The number of hydrogen-bond acceptors (Lipinski definition) is 4. The molecule has 3 unspecified atom stereocenters. The van der Waals surface area contributed by atoms with Crippen LogP contribution < -0.4 is 0 Å². The summed E-state index contributed by atoms with van der Waals surface area (Å²) in [6, 6.07) is 19.8. The van der Waals surface area contributed by atoms with Gasteiger partial charge in [-0.3, -0.25) is 14.4 Å². The minimum atomic E-state index is -0.708. The van der Waals surface area contributed by atoms with Gasteiger partial charge in [-0.15, -0.1) is 0 Å². The van der Waals surface area contributed by atoms with Crippen LogP contribution in [0.4, 0.5) is 0 Å². The second kappa shape index (κ2) is 13.4. The van der Waals surface area contributed by atoms with Crippen LogP contribution in [0.15, 0.2) is 54.6 Å². The predicted octanol–water partition coefficient (Wildman–Crippen LogP) is 7.49. The number of carbonyl (C=O) groups is 1. The zero-order chi connectivity index (χ0) is 32.5. The fraction of sp³-hybridized carbons (Fsp3) is 0.590. The van der Waals surface area contributed by atoms with Crippen molar-refractivity contribution in [2.24, 2.45) is 11.3 Å². The molecule has 3 heterocycles. The lowest BCUT2D eigenvalue weighted by Gasteiger charge is -2.36. The van der Waals surface area contributed by atoms with E-state index in [2.05, 4.69) is 124 Å². The minimum Gasteiger partial charge on any atom is -0.480 e. The van der Waals surface area contributed by atoms with Crippen molar-refractivity contribution in [2.45, 2.75) is 104 Å². The van der Waals surface area contributed by atoms with E-state index in [0.717, 1.165) is 64.2 Å². The Bertz CT molecular complexity index is 1440. The van der Waals surface area contributed by atoms with E-state index < -0.39 is 12.0 Å². The molecule has 2 aromatic carbocycles. The zero-order valence-electron chi connectivity index (χ0n) is 29.0. The molecule has 1 aromatic heterocycles. The molecule has 2 aliphatic heterocycles. The van der Waals surface area contributed by atoms with Gasteiger partial charge in [0.2, 0.25) is 0 Å². The highest BCUT2D eigenvalue weighted by molar-refractivity contribution is 5.74. The number of carboxylic acid groups (broad SMARTS) is 1. The van der Waals surface area contributed by atoms with Crippen LogP contribution in [0.3, 0.4) is 0 Å². The van der Waals surface area contributed by atoms with Crippen LogP contribution in [-0.2, 0) is 23.2 Å². The van der Waals surface area contributed by atoms with Gasteiger partial charge in [-0.2, -0.15) is 5.10 Å². The van der Waals surface area contributed by atoms with Crippen LogP contribution in [0.1, 0.15) is 107 Å². The van der Waals surface area contributed by atoms with Crippen LogP contribution in [0.25, 0.3) is 0 Å². The van der Waals surface area contributed by atoms with Crippen LogP contribution in [0, 0.1) is 18.3 Å². The average molecular weight is 613 g/mol. The summed E-state index contributed by atoms with van der Waals surface area (Å²) in [5.41, 5.74) is 7.69. The number of likely N-dealkylation sites (tertiary alicyclic amines) is 2. The van der Waals surface area contributed by atoms with Crippen molar-refractivity contribution in [1.29, 1.82) is 0 Å². The maximum Gasteiger partial charge on any atom is 0.321 e. The van der Waals surface area contributed by atoms with Crippen molar-refractivity contribution in [2.75, 3.05) is 32.7 Å². The Hall–Kier alpha value is -2.96. The van der Waals surface area contributed by atoms with Gasteiger partial charge in [0.05, 0.1) is 5.69 Å². The van der Waals surface area contributed by atoms with Crippen LogP contribution in [0.2, 0.25) is 0 Å². The molecule has 5 rings (SSSR count). The third-order valence-corrected chi connectivity index (χ3v) is 10.2. The summed E-state index contributed by atoms with van der Waals surface area (Å²) in [6.07, 6.45) is 3.14. The molecule has 0 amide bonds. The maximum absolute atomic E-state index is 12.4.